The zero-order valence-electron chi connectivity index (χ0n) is 16.7. The number of hydrogen-bond donors (Lipinski definition) is 2. The molecule has 1 unspecified atom stereocenters. The smallest absolute Gasteiger partial charge is 0.126 e. The van der Waals surface area contributed by atoms with Gasteiger partial charge >= 0.3 is 0 Å². The van der Waals surface area contributed by atoms with Crippen molar-refractivity contribution in [1.29, 1.82) is 0 Å². The fourth-order valence-electron chi connectivity index (χ4n) is 2.73. The van der Waals surface area contributed by atoms with Gasteiger partial charge in [0.1, 0.15) is 16.6 Å². The standard InChI is InChI=1S/C21H24N6OS2/c1-22-29-21(18-6-7-19-17(12-18)4-3-9-24-19)27-15-23-13-16-5-8-20(26-14-16)25-10-11-30(2)28/h3-9,12,14,23H,1,10-11,13,15H2,2H3,(H,25,26)/b27-21-. The molecule has 156 valence electrons. The molecule has 0 aliphatic heterocycles. The van der Waals surface area contributed by atoms with Crippen LogP contribution in [0, 0.1) is 0 Å². The van der Waals surface area contributed by atoms with Crippen LogP contribution in [0.15, 0.2) is 64.2 Å². The number of benzene rings is 1. The monoisotopic (exact) mass is 440 g/mol. The largest absolute Gasteiger partial charge is 0.617 e. The molecule has 2 aromatic heterocycles. The molecule has 9 heteroatoms. The third-order valence-corrected chi connectivity index (χ3v) is 5.63. The zero-order valence-corrected chi connectivity index (χ0v) is 18.4. The van der Waals surface area contributed by atoms with Crippen LogP contribution in [0.3, 0.4) is 0 Å². The zero-order chi connectivity index (χ0) is 21.2. The van der Waals surface area contributed by atoms with Crippen LogP contribution < -0.4 is 10.6 Å². The molecule has 0 aliphatic carbocycles. The fourth-order valence-corrected chi connectivity index (χ4v) is 3.59. The summed E-state index contributed by atoms with van der Waals surface area (Å²) in [7, 11) is 0. The lowest BCUT2D eigenvalue weighted by molar-refractivity contribution is 0.601. The van der Waals surface area contributed by atoms with Crippen LogP contribution in [0.5, 0.6) is 0 Å². The van der Waals surface area contributed by atoms with Crippen molar-refractivity contribution in [2.75, 3.05) is 30.5 Å². The fraction of sp³-hybridized carbons (Fsp3) is 0.238. The van der Waals surface area contributed by atoms with E-state index in [2.05, 4.69) is 42.8 Å². The van der Waals surface area contributed by atoms with E-state index in [9.17, 15) is 4.55 Å². The molecule has 3 rings (SSSR count). The summed E-state index contributed by atoms with van der Waals surface area (Å²) in [5.74, 6) is 1.39. The number of hydrogen-bond acceptors (Lipinski definition) is 8. The second kappa shape index (κ2) is 11.7. The third kappa shape index (κ3) is 6.81. The molecule has 0 amide bonds. The van der Waals surface area contributed by atoms with Gasteiger partial charge in [0.15, 0.2) is 0 Å². The maximum atomic E-state index is 11.1. The summed E-state index contributed by atoms with van der Waals surface area (Å²) >= 11 is 0.453. The Kier molecular flexibility index (Phi) is 8.64. The van der Waals surface area contributed by atoms with Crippen molar-refractivity contribution in [2.45, 2.75) is 6.54 Å². The first-order valence-electron chi connectivity index (χ1n) is 9.38. The van der Waals surface area contributed by atoms with E-state index in [4.69, 9.17) is 0 Å². The first-order valence-corrected chi connectivity index (χ1v) is 11.9. The van der Waals surface area contributed by atoms with Gasteiger partial charge in [-0.3, -0.25) is 15.3 Å². The van der Waals surface area contributed by atoms with Crippen molar-refractivity contribution in [3.8, 4) is 0 Å². The van der Waals surface area contributed by atoms with Crippen molar-refractivity contribution in [2.24, 2.45) is 9.39 Å². The van der Waals surface area contributed by atoms with Crippen LogP contribution in [-0.4, -0.2) is 51.5 Å². The van der Waals surface area contributed by atoms with Gasteiger partial charge < -0.3 is 9.87 Å². The second-order valence-electron chi connectivity index (χ2n) is 6.44. The highest BCUT2D eigenvalue weighted by Gasteiger charge is 2.06. The first kappa shape index (κ1) is 22.2. The minimum absolute atomic E-state index is 0.450. The third-order valence-electron chi connectivity index (χ3n) is 4.18. The molecule has 0 spiro atoms. The van der Waals surface area contributed by atoms with E-state index in [1.807, 2.05) is 42.6 Å². The van der Waals surface area contributed by atoms with Gasteiger partial charge in [-0.05, 0) is 36.5 Å². The van der Waals surface area contributed by atoms with Gasteiger partial charge in [0.25, 0.3) is 0 Å². The first-order chi connectivity index (χ1) is 14.7. The van der Waals surface area contributed by atoms with Crippen molar-refractivity contribution < 1.29 is 4.55 Å². The highest BCUT2D eigenvalue weighted by molar-refractivity contribution is 8.13. The summed E-state index contributed by atoms with van der Waals surface area (Å²) in [6.07, 6.45) is 5.30. The van der Waals surface area contributed by atoms with Gasteiger partial charge in [0.05, 0.1) is 25.0 Å². The topological polar surface area (TPSA) is 97.6 Å². The number of pyridine rings is 2. The van der Waals surface area contributed by atoms with Crippen LogP contribution in [-0.2, 0) is 17.7 Å². The van der Waals surface area contributed by atoms with E-state index < -0.39 is 11.2 Å². The molecule has 30 heavy (non-hydrogen) atoms. The lowest BCUT2D eigenvalue weighted by atomic mass is 10.1. The van der Waals surface area contributed by atoms with Crippen molar-refractivity contribution in [3.63, 3.8) is 0 Å². The second-order valence-corrected chi connectivity index (χ2v) is 8.82. The molecule has 1 aromatic carbocycles. The molecule has 0 fully saturated rings. The van der Waals surface area contributed by atoms with Gasteiger partial charge in [-0.2, -0.15) is 0 Å². The molecule has 0 radical (unpaired) electrons. The Hall–Kier alpha value is -2.46. The number of anilines is 1. The lowest BCUT2D eigenvalue weighted by Crippen LogP contribution is -2.16. The summed E-state index contributed by atoms with van der Waals surface area (Å²) < 4.78 is 15.0. The van der Waals surface area contributed by atoms with E-state index in [0.29, 0.717) is 25.5 Å². The molecule has 1 atom stereocenters. The predicted molar refractivity (Wildman–Crippen MR) is 129 cm³/mol. The van der Waals surface area contributed by atoms with Gasteiger partial charge in [0, 0.05) is 41.8 Å². The highest BCUT2D eigenvalue weighted by Crippen LogP contribution is 2.19. The van der Waals surface area contributed by atoms with E-state index >= 15 is 0 Å². The summed E-state index contributed by atoms with van der Waals surface area (Å²) in [6, 6.07) is 13.9. The average Bonchev–Trinajstić information content (AvgIpc) is 2.76. The minimum atomic E-state index is -0.804. The number of rotatable bonds is 10. The van der Waals surface area contributed by atoms with Crippen LogP contribution in [0.25, 0.3) is 10.9 Å². The Labute approximate surface area is 183 Å². The van der Waals surface area contributed by atoms with Crippen LogP contribution >= 0.6 is 11.9 Å². The highest BCUT2D eigenvalue weighted by atomic mass is 32.2. The minimum Gasteiger partial charge on any atom is -0.617 e. The maximum Gasteiger partial charge on any atom is 0.126 e. The van der Waals surface area contributed by atoms with Crippen molar-refractivity contribution in [1.82, 2.24) is 15.3 Å². The SMILES string of the molecule is C=NS/C(=N\CNCc1ccc(NCC[S+](C)[O-])nc1)c1ccc2ncccc2c1. The van der Waals surface area contributed by atoms with Crippen LogP contribution in [0.2, 0.25) is 0 Å². The number of fused-ring (bicyclic) bond motifs is 1. The normalized spacial score (nSPS) is 12.7. The Morgan fingerprint density at radius 2 is 2.13 bits per heavy atom. The summed E-state index contributed by atoms with van der Waals surface area (Å²) in [4.78, 5) is 13.4. The van der Waals surface area contributed by atoms with Crippen molar-refractivity contribution >= 4 is 51.6 Å². The number of nitrogens with zero attached hydrogens (tertiary/aromatic N) is 4. The summed E-state index contributed by atoms with van der Waals surface area (Å²) in [6.45, 7) is 5.31. The molecule has 0 saturated carbocycles. The van der Waals surface area contributed by atoms with Gasteiger partial charge in [0.2, 0.25) is 0 Å². The van der Waals surface area contributed by atoms with Crippen LogP contribution in [0.4, 0.5) is 5.82 Å². The molecule has 2 N–H and O–H groups in total. The van der Waals surface area contributed by atoms with Gasteiger partial charge in [-0.15, -0.1) is 0 Å². The number of nitrogens with one attached hydrogen (secondary N) is 2. The molecule has 0 saturated heterocycles. The average molecular weight is 441 g/mol. The molecule has 3 aromatic rings. The Morgan fingerprint density at radius 3 is 2.90 bits per heavy atom. The summed E-state index contributed by atoms with van der Waals surface area (Å²) in [5.41, 5.74) is 2.99. The predicted octanol–water partition coefficient (Wildman–Crippen LogP) is 3.26. The molecule has 0 bridgehead atoms. The Balaban J connectivity index is 1.54. The molecular weight excluding hydrogens is 416 g/mol. The van der Waals surface area contributed by atoms with E-state index in [-0.39, 0.29) is 0 Å². The number of aromatic nitrogens is 2. The van der Waals surface area contributed by atoms with E-state index in [1.165, 1.54) is 11.9 Å². The van der Waals surface area contributed by atoms with Crippen molar-refractivity contribution in [3.05, 3.63) is 66.0 Å². The van der Waals surface area contributed by atoms with Crippen LogP contribution in [0.1, 0.15) is 11.1 Å². The Bertz CT molecular complexity index is 994. The maximum absolute atomic E-state index is 11.1. The van der Waals surface area contributed by atoms with Gasteiger partial charge in [-0.1, -0.05) is 29.4 Å². The Morgan fingerprint density at radius 1 is 1.23 bits per heavy atom. The van der Waals surface area contributed by atoms with Gasteiger partial charge in [-0.25, -0.2) is 9.38 Å². The molecular formula is C21H24N6OS2. The summed E-state index contributed by atoms with van der Waals surface area (Å²) in [5, 5.41) is 8.32. The quantitative estimate of drug-likeness (QED) is 0.165. The number of aliphatic imine (C=N–C) groups is 1. The molecule has 0 aliphatic rings. The van der Waals surface area contributed by atoms with E-state index in [1.54, 1.807) is 12.5 Å². The van der Waals surface area contributed by atoms with E-state index in [0.717, 1.165) is 32.9 Å². The lowest BCUT2D eigenvalue weighted by Gasteiger charge is -2.08. The molecule has 2 heterocycles. The molecule has 7 nitrogen and oxygen atoms in total.